The molecule has 1 aromatic heterocycles. The molecule has 5 heteroatoms. The van der Waals surface area contributed by atoms with E-state index in [0.717, 1.165) is 36.9 Å². The first kappa shape index (κ1) is 15.1. The third-order valence-corrected chi connectivity index (χ3v) is 4.14. The van der Waals surface area contributed by atoms with Crippen molar-refractivity contribution in [1.29, 1.82) is 0 Å². The summed E-state index contributed by atoms with van der Waals surface area (Å²) in [4.78, 5) is 11.3. The van der Waals surface area contributed by atoms with Crippen LogP contribution in [-0.2, 0) is 6.42 Å². The molecule has 22 heavy (non-hydrogen) atoms. The number of nitrogens with zero attached hydrogens (tertiary/aromatic N) is 3. The Hall–Kier alpha value is -1.81. The molecule has 1 N–H and O–H groups in total. The molecular formula is C17H21ClN4. The molecule has 0 radical (unpaired) electrons. The number of piperidine rings is 1. The Bertz CT molecular complexity index is 611. The van der Waals surface area contributed by atoms with E-state index >= 15 is 0 Å². The number of rotatable bonds is 5. The molecule has 2 aromatic rings. The molecule has 0 saturated carbocycles. The molecular weight excluding hydrogens is 296 g/mol. The Morgan fingerprint density at radius 2 is 2.00 bits per heavy atom. The zero-order valence-corrected chi connectivity index (χ0v) is 13.4. The second kappa shape index (κ2) is 7.45. The van der Waals surface area contributed by atoms with Crippen LogP contribution in [0.2, 0.25) is 5.02 Å². The molecule has 1 aromatic carbocycles. The van der Waals surface area contributed by atoms with E-state index in [-0.39, 0.29) is 0 Å². The Balaban J connectivity index is 1.56. The molecule has 4 nitrogen and oxygen atoms in total. The predicted octanol–water partition coefficient (Wildman–Crippen LogP) is 3.77. The first-order chi connectivity index (χ1) is 10.8. The molecule has 116 valence electrons. The van der Waals surface area contributed by atoms with Crippen molar-refractivity contribution >= 4 is 23.4 Å². The molecule has 0 amide bonds. The predicted molar refractivity (Wildman–Crippen MR) is 91.7 cm³/mol. The monoisotopic (exact) mass is 316 g/mol. The summed E-state index contributed by atoms with van der Waals surface area (Å²) in [6, 6.07) is 9.94. The van der Waals surface area contributed by atoms with Crippen molar-refractivity contribution in [2.24, 2.45) is 0 Å². The highest BCUT2D eigenvalue weighted by molar-refractivity contribution is 6.30. The van der Waals surface area contributed by atoms with Gasteiger partial charge in [-0.05, 0) is 49.4 Å². The van der Waals surface area contributed by atoms with Crippen molar-refractivity contribution in [2.45, 2.75) is 25.7 Å². The average molecular weight is 317 g/mol. The van der Waals surface area contributed by atoms with Crippen LogP contribution in [0, 0.1) is 0 Å². The lowest BCUT2D eigenvalue weighted by molar-refractivity contribution is 0.573. The van der Waals surface area contributed by atoms with Gasteiger partial charge in [-0.2, -0.15) is 4.98 Å². The minimum absolute atomic E-state index is 0.699. The molecule has 0 unspecified atom stereocenters. The fourth-order valence-corrected chi connectivity index (χ4v) is 2.96. The van der Waals surface area contributed by atoms with E-state index < -0.39 is 0 Å². The number of benzene rings is 1. The Kier molecular flexibility index (Phi) is 5.11. The van der Waals surface area contributed by atoms with Crippen LogP contribution in [0.5, 0.6) is 0 Å². The van der Waals surface area contributed by atoms with Crippen LogP contribution in [0.3, 0.4) is 0 Å². The van der Waals surface area contributed by atoms with E-state index in [1.807, 2.05) is 30.5 Å². The van der Waals surface area contributed by atoms with Gasteiger partial charge in [0.25, 0.3) is 0 Å². The van der Waals surface area contributed by atoms with Gasteiger partial charge >= 0.3 is 0 Å². The van der Waals surface area contributed by atoms with Gasteiger partial charge in [0.2, 0.25) is 5.95 Å². The SMILES string of the molecule is Clc1cccc(CCNc2nccc(N3CCCCC3)n2)c1. The molecule has 2 heterocycles. The van der Waals surface area contributed by atoms with Crippen molar-refractivity contribution in [3.8, 4) is 0 Å². The van der Waals surface area contributed by atoms with E-state index in [0.29, 0.717) is 5.95 Å². The van der Waals surface area contributed by atoms with Gasteiger partial charge in [0, 0.05) is 30.9 Å². The number of aromatic nitrogens is 2. The fraction of sp³-hybridized carbons (Fsp3) is 0.412. The van der Waals surface area contributed by atoms with Crippen LogP contribution in [0.1, 0.15) is 24.8 Å². The molecule has 0 spiro atoms. The maximum atomic E-state index is 6.00. The van der Waals surface area contributed by atoms with E-state index in [2.05, 4.69) is 26.3 Å². The van der Waals surface area contributed by atoms with Crippen LogP contribution in [-0.4, -0.2) is 29.6 Å². The summed E-state index contributed by atoms with van der Waals surface area (Å²) in [7, 11) is 0. The zero-order chi connectivity index (χ0) is 15.2. The minimum atomic E-state index is 0.699. The molecule has 0 bridgehead atoms. The van der Waals surface area contributed by atoms with E-state index in [4.69, 9.17) is 11.6 Å². The Morgan fingerprint density at radius 3 is 2.82 bits per heavy atom. The highest BCUT2D eigenvalue weighted by Crippen LogP contribution is 2.18. The summed E-state index contributed by atoms with van der Waals surface area (Å²) in [6.45, 7) is 2.99. The van der Waals surface area contributed by atoms with Crippen LogP contribution < -0.4 is 10.2 Å². The smallest absolute Gasteiger partial charge is 0.224 e. The van der Waals surface area contributed by atoms with Crippen molar-refractivity contribution in [3.63, 3.8) is 0 Å². The van der Waals surface area contributed by atoms with Gasteiger partial charge in [0.05, 0.1) is 0 Å². The van der Waals surface area contributed by atoms with Crippen LogP contribution in [0.25, 0.3) is 0 Å². The van der Waals surface area contributed by atoms with E-state index in [1.165, 1.54) is 24.8 Å². The van der Waals surface area contributed by atoms with E-state index in [1.54, 1.807) is 0 Å². The van der Waals surface area contributed by atoms with E-state index in [9.17, 15) is 0 Å². The lowest BCUT2D eigenvalue weighted by Crippen LogP contribution is -2.30. The summed E-state index contributed by atoms with van der Waals surface area (Å²) in [5.74, 6) is 1.73. The summed E-state index contributed by atoms with van der Waals surface area (Å²) in [5, 5.41) is 4.08. The summed E-state index contributed by atoms with van der Waals surface area (Å²) in [5.41, 5.74) is 1.21. The third kappa shape index (κ3) is 4.10. The zero-order valence-electron chi connectivity index (χ0n) is 12.6. The van der Waals surface area contributed by atoms with Gasteiger partial charge in [-0.25, -0.2) is 4.98 Å². The largest absolute Gasteiger partial charge is 0.356 e. The Morgan fingerprint density at radius 1 is 1.14 bits per heavy atom. The molecule has 3 rings (SSSR count). The highest BCUT2D eigenvalue weighted by atomic mass is 35.5. The van der Waals surface area contributed by atoms with Gasteiger partial charge in [-0.1, -0.05) is 23.7 Å². The number of anilines is 2. The summed E-state index contributed by atoms with van der Waals surface area (Å²) >= 11 is 6.00. The molecule has 1 aliphatic rings. The number of hydrogen-bond acceptors (Lipinski definition) is 4. The standard InChI is InChI=1S/C17H21ClN4/c18-15-6-4-5-14(13-15)7-9-19-17-20-10-8-16(21-17)22-11-2-1-3-12-22/h4-6,8,10,13H,1-3,7,9,11-12H2,(H,19,20,21). The van der Waals surface area contributed by atoms with Gasteiger partial charge in [0.15, 0.2) is 0 Å². The number of hydrogen-bond donors (Lipinski definition) is 1. The first-order valence-electron chi connectivity index (χ1n) is 7.87. The lowest BCUT2D eigenvalue weighted by atomic mass is 10.1. The second-order valence-corrected chi connectivity index (χ2v) is 6.03. The van der Waals surface area contributed by atoms with Gasteiger partial charge in [0.1, 0.15) is 5.82 Å². The van der Waals surface area contributed by atoms with Crippen LogP contribution >= 0.6 is 11.6 Å². The third-order valence-electron chi connectivity index (χ3n) is 3.91. The summed E-state index contributed by atoms with van der Waals surface area (Å²) in [6.07, 6.45) is 6.56. The normalized spacial score (nSPS) is 14.9. The fourth-order valence-electron chi connectivity index (χ4n) is 2.74. The average Bonchev–Trinajstić information content (AvgIpc) is 2.56. The maximum absolute atomic E-state index is 6.00. The van der Waals surface area contributed by atoms with Crippen molar-refractivity contribution in [3.05, 3.63) is 47.1 Å². The first-order valence-corrected chi connectivity index (χ1v) is 8.25. The maximum Gasteiger partial charge on any atom is 0.224 e. The highest BCUT2D eigenvalue weighted by Gasteiger charge is 2.12. The second-order valence-electron chi connectivity index (χ2n) is 5.59. The van der Waals surface area contributed by atoms with Crippen LogP contribution in [0.4, 0.5) is 11.8 Å². The molecule has 1 fully saturated rings. The lowest BCUT2D eigenvalue weighted by Gasteiger charge is -2.27. The molecule has 1 saturated heterocycles. The topological polar surface area (TPSA) is 41.1 Å². The molecule has 0 aliphatic carbocycles. The van der Waals surface area contributed by atoms with Crippen molar-refractivity contribution < 1.29 is 0 Å². The quantitative estimate of drug-likeness (QED) is 0.911. The van der Waals surface area contributed by atoms with Crippen LogP contribution in [0.15, 0.2) is 36.5 Å². The number of nitrogens with one attached hydrogen (secondary N) is 1. The van der Waals surface area contributed by atoms with Gasteiger partial charge in [-0.15, -0.1) is 0 Å². The molecule has 1 aliphatic heterocycles. The minimum Gasteiger partial charge on any atom is -0.356 e. The van der Waals surface area contributed by atoms with Crippen molar-refractivity contribution in [1.82, 2.24) is 9.97 Å². The van der Waals surface area contributed by atoms with Gasteiger partial charge < -0.3 is 10.2 Å². The molecule has 0 atom stereocenters. The van der Waals surface area contributed by atoms with Crippen molar-refractivity contribution in [2.75, 3.05) is 29.9 Å². The number of halogens is 1. The summed E-state index contributed by atoms with van der Waals surface area (Å²) < 4.78 is 0. The Labute approximate surface area is 136 Å². The van der Waals surface area contributed by atoms with Gasteiger partial charge in [-0.3, -0.25) is 0 Å².